The van der Waals surface area contributed by atoms with E-state index in [1.807, 2.05) is 29.9 Å². The maximum absolute atomic E-state index is 4.86. The summed E-state index contributed by atoms with van der Waals surface area (Å²) < 4.78 is 1.96. The zero-order valence-electron chi connectivity index (χ0n) is 15.6. The molecule has 5 heterocycles. The molecule has 0 N–H and O–H groups in total. The summed E-state index contributed by atoms with van der Waals surface area (Å²) >= 11 is 0. The highest BCUT2D eigenvalue weighted by molar-refractivity contribution is 5.46. The predicted octanol–water partition coefficient (Wildman–Crippen LogP) is 2.21. The fourth-order valence-electron chi connectivity index (χ4n) is 4.08. The van der Waals surface area contributed by atoms with Gasteiger partial charge in [0.15, 0.2) is 11.5 Å². The number of aromatic nitrogens is 6. The standard InChI is InChI=1S/C19H24N8/c1-14-12-21-18(13-20-14)26-10-6-15(7-11-26)19-23-22-16-4-5-17(24-27(16)19)25-8-2-3-9-25/h4-5,12-13,15H,2-3,6-11H2,1H3. The van der Waals surface area contributed by atoms with Crippen molar-refractivity contribution in [2.75, 3.05) is 36.0 Å². The van der Waals surface area contributed by atoms with Gasteiger partial charge in [0.2, 0.25) is 0 Å². The van der Waals surface area contributed by atoms with Crippen molar-refractivity contribution in [2.45, 2.75) is 38.5 Å². The fraction of sp³-hybridized carbons (Fsp3) is 0.526. The molecule has 8 heteroatoms. The predicted molar refractivity (Wildman–Crippen MR) is 103 cm³/mol. The molecule has 5 rings (SSSR count). The van der Waals surface area contributed by atoms with Crippen molar-refractivity contribution in [1.29, 1.82) is 0 Å². The molecule has 140 valence electrons. The van der Waals surface area contributed by atoms with E-state index in [2.05, 4.69) is 36.0 Å². The van der Waals surface area contributed by atoms with Crippen LogP contribution in [0.15, 0.2) is 24.5 Å². The summed E-state index contributed by atoms with van der Waals surface area (Å²) in [7, 11) is 0. The largest absolute Gasteiger partial charge is 0.355 e. The number of piperidine rings is 1. The lowest BCUT2D eigenvalue weighted by molar-refractivity contribution is 0.475. The van der Waals surface area contributed by atoms with E-state index >= 15 is 0 Å². The second-order valence-corrected chi connectivity index (χ2v) is 7.49. The number of fused-ring (bicyclic) bond motifs is 1. The Labute approximate surface area is 158 Å². The van der Waals surface area contributed by atoms with Crippen LogP contribution in [0.2, 0.25) is 0 Å². The first-order valence-electron chi connectivity index (χ1n) is 9.79. The van der Waals surface area contributed by atoms with Crippen LogP contribution in [0, 0.1) is 6.92 Å². The Morgan fingerprint density at radius 2 is 1.63 bits per heavy atom. The van der Waals surface area contributed by atoms with E-state index in [0.29, 0.717) is 5.92 Å². The van der Waals surface area contributed by atoms with Crippen molar-refractivity contribution in [3.05, 3.63) is 36.0 Å². The summed E-state index contributed by atoms with van der Waals surface area (Å²) in [5, 5.41) is 13.7. The number of rotatable bonds is 3. The molecular weight excluding hydrogens is 340 g/mol. The molecule has 0 bridgehead atoms. The fourth-order valence-corrected chi connectivity index (χ4v) is 4.08. The van der Waals surface area contributed by atoms with Crippen LogP contribution < -0.4 is 9.80 Å². The average molecular weight is 364 g/mol. The highest BCUT2D eigenvalue weighted by Gasteiger charge is 2.26. The second-order valence-electron chi connectivity index (χ2n) is 7.49. The summed E-state index contributed by atoms with van der Waals surface area (Å²) in [4.78, 5) is 13.5. The maximum Gasteiger partial charge on any atom is 0.178 e. The molecule has 0 aromatic carbocycles. The number of nitrogens with zero attached hydrogens (tertiary/aromatic N) is 8. The van der Waals surface area contributed by atoms with Crippen LogP contribution in [0.1, 0.15) is 43.1 Å². The Bertz CT molecular complexity index is 921. The van der Waals surface area contributed by atoms with Gasteiger partial charge in [0.05, 0.1) is 18.1 Å². The molecular formula is C19H24N8. The Hall–Kier alpha value is -2.77. The maximum atomic E-state index is 4.86. The topological polar surface area (TPSA) is 75.3 Å². The van der Waals surface area contributed by atoms with E-state index < -0.39 is 0 Å². The molecule has 0 spiro atoms. The second kappa shape index (κ2) is 6.75. The van der Waals surface area contributed by atoms with Gasteiger partial charge in [-0.05, 0) is 44.7 Å². The number of hydrogen-bond acceptors (Lipinski definition) is 7. The van der Waals surface area contributed by atoms with Crippen molar-refractivity contribution in [1.82, 2.24) is 29.8 Å². The molecule has 0 saturated carbocycles. The van der Waals surface area contributed by atoms with E-state index in [1.165, 1.54) is 12.8 Å². The molecule has 27 heavy (non-hydrogen) atoms. The summed E-state index contributed by atoms with van der Waals surface area (Å²) in [5.41, 5.74) is 1.78. The lowest BCUT2D eigenvalue weighted by Gasteiger charge is -2.31. The Morgan fingerprint density at radius 3 is 2.37 bits per heavy atom. The number of aryl methyl sites for hydroxylation is 1. The minimum absolute atomic E-state index is 0.371. The van der Waals surface area contributed by atoms with E-state index in [0.717, 1.165) is 67.8 Å². The van der Waals surface area contributed by atoms with Crippen LogP contribution in [0.25, 0.3) is 5.65 Å². The normalized spacial score (nSPS) is 18.6. The van der Waals surface area contributed by atoms with Gasteiger partial charge in [-0.25, -0.2) is 4.98 Å². The summed E-state index contributed by atoms with van der Waals surface area (Å²) in [6.07, 6.45) is 8.23. The van der Waals surface area contributed by atoms with E-state index in [-0.39, 0.29) is 0 Å². The van der Waals surface area contributed by atoms with Gasteiger partial charge in [-0.2, -0.15) is 4.52 Å². The highest BCUT2D eigenvalue weighted by Crippen LogP contribution is 2.29. The highest BCUT2D eigenvalue weighted by atomic mass is 15.4. The smallest absolute Gasteiger partial charge is 0.178 e. The molecule has 0 aliphatic carbocycles. The Morgan fingerprint density at radius 1 is 0.852 bits per heavy atom. The third kappa shape index (κ3) is 3.09. The molecule has 3 aromatic heterocycles. The zero-order chi connectivity index (χ0) is 18.2. The molecule has 0 unspecified atom stereocenters. The molecule has 2 fully saturated rings. The van der Waals surface area contributed by atoms with Gasteiger partial charge >= 0.3 is 0 Å². The Balaban J connectivity index is 1.35. The van der Waals surface area contributed by atoms with Crippen molar-refractivity contribution < 1.29 is 0 Å². The molecule has 2 aliphatic rings. The van der Waals surface area contributed by atoms with Crippen LogP contribution in [0.4, 0.5) is 11.6 Å². The van der Waals surface area contributed by atoms with Gasteiger partial charge in [0.1, 0.15) is 11.6 Å². The van der Waals surface area contributed by atoms with Crippen molar-refractivity contribution in [3.63, 3.8) is 0 Å². The average Bonchev–Trinajstić information content (AvgIpc) is 3.38. The van der Waals surface area contributed by atoms with Gasteiger partial charge in [-0.3, -0.25) is 4.98 Å². The summed E-state index contributed by atoms with van der Waals surface area (Å²) in [6, 6.07) is 4.10. The molecule has 8 nitrogen and oxygen atoms in total. The van der Waals surface area contributed by atoms with Crippen molar-refractivity contribution >= 4 is 17.3 Å². The molecule has 2 aliphatic heterocycles. The van der Waals surface area contributed by atoms with Crippen molar-refractivity contribution in [2.24, 2.45) is 0 Å². The quantitative estimate of drug-likeness (QED) is 0.705. The third-order valence-electron chi connectivity index (χ3n) is 5.65. The molecule has 0 radical (unpaired) electrons. The number of anilines is 2. The lowest BCUT2D eigenvalue weighted by atomic mass is 9.96. The Kier molecular flexibility index (Phi) is 4.10. The molecule has 0 amide bonds. The van der Waals surface area contributed by atoms with Crippen LogP contribution in [-0.4, -0.2) is 56.0 Å². The summed E-state index contributed by atoms with van der Waals surface area (Å²) in [5.74, 6) is 3.35. The molecule has 2 saturated heterocycles. The van der Waals surface area contributed by atoms with E-state index in [9.17, 15) is 0 Å². The monoisotopic (exact) mass is 364 g/mol. The summed E-state index contributed by atoms with van der Waals surface area (Å²) in [6.45, 7) is 6.03. The zero-order valence-corrected chi connectivity index (χ0v) is 15.6. The van der Waals surface area contributed by atoms with Crippen LogP contribution in [-0.2, 0) is 0 Å². The lowest BCUT2D eigenvalue weighted by Crippen LogP contribution is -2.34. The van der Waals surface area contributed by atoms with Gasteiger partial charge in [-0.15, -0.1) is 15.3 Å². The molecule has 0 atom stereocenters. The van der Waals surface area contributed by atoms with Crippen LogP contribution >= 0.6 is 0 Å². The van der Waals surface area contributed by atoms with E-state index in [4.69, 9.17) is 5.10 Å². The molecule has 3 aromatic rings. The number of hydrogen-bond donors (Lipinski definition) is 0. The minimum atomic E-state index is 0.371. The minimum Gasteiger partial charge on any atom is -0.355 e. The first kappa shape index (κ1) is 16.4. The van der Waals surface area contributed by atoms with Crippen LogP contribution in [0.3, 0.4) is 0 Å². The van der Waals surface area contributed by atoms with Gasteiger partial charge < -0.3 is 9.80 Å². The van der Waals surface area contributed by atoms with Crippen LogP contribution in [0.5, 0.6) is 0 Å². The van der Waals surface area contributed by atoms with Gasteiger partial charge in [0.25, 0.3) is 0 Å². The third-order valence-corrected chi connectivity index (χ3v) is 5.65. The first-order chi connectivity index (χ1) is 13.3. The SMILES string of the molecule is Cc1cnc(N2CCC(c3nnc4ccc(N5CCCC5)nn34)CC2)cn1. The van der Waals surface area contributed by atoms with Gasteiger partial charge in [0, 0.05) is 32.1 Å². The van der Waals surface area contributed by atoms with Gasteiger partial charge in [-0.1, -0.05) is 0 Å². The first-order valence-corrected chi connectivity index (χ1v) is 9.79. The van der Waals surface area contributed by atoms with Crippen molar-refractivity contribution in [3.8, 4) is 0 Å². The van der Waals surface area contributed by atoms with E-state index in [1.54, 1.807) is 0 Å².